The Morgan fingerprint density at radius 3 is 2.33 bits per heavy atom. The van der Waals surface area contributed by atoms with Crippen LogP contribution in [0.4, 0.5) is 0 Å². The van der Waals surface area contributed by atoms with E-state index in [1.54, 1.807) is 0 Å². The molecule has 1 aliphatic heterocycles. The van der Waals surface area contributed by atoms with Gasteiger partial charge in [-0.1, -0.05) is 58.0 Å². The molecule has 0 fully saturated rings. The largest absolute Gasteiger partial charge is 0.450 e. The molecule has 1 amide bonds. The van der Waals surface area contributed by atoms with Gasteiger partial charge in [0, 0.05) is 6.54 Å². The van der Waals surface area contributed by atoms with Crippen molar-refractivity contribution in [3.63, 3.8) is 0 Å². The van der Waals surface area contributed by atoms with Gasteiger partial charge >= 0.3 is 0 Å². The minimum absolute atomic E-state index is 0.0269. The quantitative estimate of drug-likeness (QED) is 0.525. The van der Waals surface area contributed by atoms with E-state index in [2.05, 4.69) is 56.9 Å². The van der Waals surface area contributed by atoms with Gasteiger partial charge in [0.05, 0.1) is 17.0 Å². The molecule has 0 N–H and O–H groups in total. The zero-order valence-electron chi connectivity index (χ0n) is 20.6. The van der Waals surface area contributed by atoms with Crippen LogP contribution >= 0.6 is 0 Å². The lowest BCUT2D eigenvalue weighted by Gasteiger charge is -2.26. The van der Waals surface area contributed by atoms with E-state index < -0.39 is 6.04 Å². The van der Waals surface area contributed by atoms with Crippen LogP contribution in [-0.4, -0.2) is 42.9 Å². The molecule has 5 nitrogen and oxygen atoms in total. The van der Waals surface area contributed by atoms with E-state index in [0.29, 0.717) is 23.1 Å². The average Bonchev–Trinajstić information content (AvgIpc) is 3.05. The topological polar surface area (TPSA) is 53.8 Å². The number of aryl methyl sites for hydroxylation is 1. The lowest BCUT2D eigenvalue weighted by Crippen LogP contribution is -2.32. The lowest BCUT2D eigenvalue weighted by atomic mass is 9.86. The Hall–Kier alpha value is -2.92. The molecular formula is C28H34N2O3. The van der Waals surface area contributed by atoms with Crippen LogP contribution in [0.25, 0.3) is 11.0 Å². The van der Waals surface area contributed by atoms with Gasteiger partial charge in [-0.3, -0.25) is 9.59 Å². The molecule has 0 saturated carbocycles. The van der Waals surface area contributed by atoms with Crippen LogP contribution in [0.5, 0.6) is 0 Å². The number of nitrogens with zero attached hydrogens (tertiary/aromatic N) is 2. The number of hydrogen-bond donors (Lipinski definition) is 0. The first-order valence-corrected chi connectivity index (χ1v) is 11.8. The molecule has 33 heavy (non-hydrogen) atoms. The molecule has 1 aromatic heterocycles. The molecule has 4 rings (SSSR count). The van der Waals surface area contributed by atoms with Crippen molar-refractivity contribution in [1.82, 2.24) is 9.80 Å². The van der Waals surface area contributed by atoms with Crippen molar-refractivity contribution in [2.75, 3.05) is 27.2 Å². The molecule has 2 heterocycles. The van der Waals surface area contributed by atoms with Crippen LogP contribution in [0, 0.1) is 0 Å². The lowest BCUT2D eigenvalue weighted by molar-refractivity contribution is 0.0722. The first kappa shape index (κ1) is 23.2. The third kappa shape index (κ3) is 4.34. The molecule has 3 aromatic rings. The van der Waals surface area contributed by atoms with Crippen molar-refractivity contribution < 1.29 is 9.21 Å². The Morgan fingerprint density at radius 2 is 1.73 bits per heavy atom. The number of benzene rings is 2. The Kier molecular flexibility index (Phi) is 6.19. The monoisotopic (exact) mass is 446 g/mol. The highest BCUT2D eigenvalue weighted by atomic mass is 16.3. The molecule has 1 atom stereocenters. The molecule has 174 valence electrons. The van der Waals surface area contributed by atoms with Gasteiger partial charge in [0.2, 0.25) is 5.76 Å². The van der Waals surface area contributed by atoms with E-state index in [1.807, 2.05) is 37.2 Å². The van der Waals surface area contributed by atoms with Crippen molar-refractivity contribution in [2.45, 2.75) is 52.0 Å². The van der Waals surface area contributed by atoms with Crippen molar-refractivity contribution in [3.8, 4) is 0 Å². The molecule has 2 aromatic carbocycles. The maximum Gasteiger partial charge on any atom is 0.290 e. The summed E-state index contributed by atoms with van der Waals surface area (Å²) in [7, 11) is 4.04. The highest BCUT2D eigenvalue weighted by molar-refractivity contribution is 5.99. The maximum atomic E-state index is 13.7. The first-order chi connectivity index (χ1) is 15.6. The number of hydrogen-bond acceptors (Lipinski definition) is 4. The number of fused-ring (bicyclic) bond motifs is 2. The van der Waals surface area contributed by atoms with E-state index >= 15 is 0 Å². The van der Waals surface area contributed by atoms with E-state index in [9.17, 15) is 9.59 Å². The van der Waals surface area contributed by atoms with E-state index in [0.717, 1.165) is 30.5 Å². The second kappa shape index (κ2) is 8.79. The minimum atomic E-state index is -0.436. The van der Waals surface area contributed by atoms with Crippen molar-refractivity contribution in [2.24, 2.45) is 0 Å². The second-order valence-electron chi connectivity index (χ2n) is 10.3. The second-order valence-corrected chi connectivity index (χ2v) is 10.3. The standard InChI is InChI=1S/C28H34N2O3/c1-7-18-9-14-22-21(17-18)25(31)23-24(19-10-12-20(13-11-19)28(2,3)4)30(16-8-15-29(5)6)27(32)26(23)33-22/h9-14,17,24H,7-8,15-16H2,1-6H3. The Morgan fingerprint density at radius 1 is 1.03 bits per heavy atom. The third-order valence-corrected chi connectivity index (χ3v) is 6.54. The van der Waals surface area contributed by atoms with Gasteiger partial charge in [0.15, 0.2) is 5.43 Å². The fourth-order valence-corrected chi connectivity index (χ4v) is 4.59. The van der Waals surface area contributed by atoms with Gasteiger partial charge in [-0.15, -0.1) is 0 Å². The molecule has 1 aliphatic rings. The average molecular weight is 447 g/mol. The maximum absolute atomic E-state index is 13.7. The molecule has 0 aliphatic carbocycles. The summed E-state index contributed by atoms with van der Waals surface area (Å²) < 4.78 is 6.08. The Bertz CT molecular complexity index is 1230. The van der Waals surface area contributed by atoms with Gasteiger partial charge in [-0.05, 0) is 67.7 Å². The van der Waals surface area contributed by atoms with E-state index in [1.165, 1.54) is 5.56 Å². The SMILES string of the molecule is CCc1ccc2oc3c(c(=O)c2c1)C(c1ccc(C(C)(C)C)cc1)N(CCCN(C)C)C3=O. The minimum Gasteiger partial charge on any atom is -0.450 e. The summed E-state index contributed by atoms with van der Waals surface area (Å²) in [5, 5.41) is 0.548. The van der Waals surface area contributed by atoms with E-state index in [4.69, 9.17) is 4.42 Å². The molecule has 0 saturated heterocycles. The van der Waals surface area contributed by atoms with Crippen molar-refractivity contribution in [1.29, 1.82) is 0 Å². The molecular weight excluding hydrogens is 412 g/mol. The van der Waals surface area contributed by atoms with Gasteiger partial charge in [-0.2, -0.15) is 0 Å². The van der Waals surface area contributed by atoms with Crippen LogP contribution < -0.4 is 5.43 Å². The predicted molar refractivity (Wildman–Crippen MR) is 133 cm³/mol. The molecule has 0 spiro atoms. The Labute approximate surface area is 196 Å². The fourth-order valence-electron chi connectivity index (χ4n) is 4.59. The first-order valence-electron chi connectivity index (χ1n) is 11.8. The number of carbonyl (C=O) groups is 1. The van der Waals surface area contributed by atoms with Crippen molar-refractivity contribution in [3.05, 3.63) is 80.7 Å². The van der Waals surface area contributed by atoms with Crippen LogP contribution in [0.3, 0.4) is 0 Å². The molecule has 5 heteroatoms. The molecule has 0 radical (unpaired) electrons. The van der Waals surface area contributed by atoms with Crippen LogP contribution in [0.15, 0.2) is 51.7 Å². The summed E-state index contributed by atoms with van der Waals surface area (Å²) in [5.74, 6) is -0.0151. The van der Waals surface area contributed by atoms with Gasteiger partial charge in [-0.25, -0.2) is 0 Å². The number of rotatable bonds is 6. The summed E-state index contributed by atoms with van der Waals surface area (Å²) in [6.45, 7) is 10.0. The summed E-state index contributed by atoms with van der Waals surface area (Å²) in [4.78, 5) is 31.1. The molecule has 1 unspecified atom stereocenters. The smallest absolute Gasteiger partial charge is 0.290 e. The van der Waals surface area contributed by atoms with Crippen LogP contribution in [0.1, 0.15) is 73.0 Å². The fraction of sp³-hybridized carbons (Fsp3) is 0.429. The van der Waals surface area contributed by atoms with Gasteiger partial charge in [0.1, 0.15) is 5.58 Å². The summed E-state index contributed by atoms with van der Waals surface area (Å²) >= 11 is 0. The van der Waals surface area contributed by atoms with Crippen LogP contribution in [-0.2, 0) is 11.8 Å². The Balaban J connectivity index is 1.86. The summed E-state index contributed by atoms with van der Waals surface area (Å²) in [6.07, 6.45) is 1.65. The number of amides is 1. The van der Waals surface area contributed by atoms with Gasteiger partial charge < -0.3 is 14.2 Å². The highest BCUT2D eigenvalue weighted by Crippen LogP contribution is 2.39. The third-order valence-electron chi connectivity index (χ3n) is 6.54. The molecule has 0 bridgehead atoms. The normalized spacial score (nSPS) is 16.2. The van der Waals surface area contributed by atoms with Gasteiger partial charge in [0.25, 0.3) is 5.91 Å². The summed E-state index contributed by atoms with van der Waals surface area (Å²) in [6, 6.07) is 13.5. The van der Waals surface area contributed by atoms with E-state index in [-0.39, 0.29) is 22.5 Å². The highest BCUT2D eigenvalue weighted by Gasteiger charge is 2.42. The van der Waals surface area contributed by atoms with Crippen LogP contribution in [0.2, 0.25) is 0 Å². The van der Waals surface area contributed by atoms with Crippen molar-refractivity contribution >= 4 is 16.9 Å². The summed E-state index contributed by atoms with van der Waals surface area (Å²) in [5.41, 5.74) is 4.10. The zero-order valence-corrected chi connectivity index (χ0v) is 20.6. The number of carbonyl (C=O) groups excluding carboxylic acids is 1. The zero-order chi connectivity index (χ0) is 23.9. The predicted octanol–water partition coefficient (Wildman–Crippen LogP) is 5.15.